The van der Waals surface area contributed by atoms with Gasteiger partial charge in [0.15, 0.2) is 0 Å². The van der Waals surface area contributed by atoms with Crippen molar-refractivity contribution in [2.45, 2.75) is 19.1 Å². The number of nitrogens with zero attached hydrogens (tertiary/aromatic N) is 3. The predicted molar refractivity (Wildman–Crippen MR) is 86.6 cm³/mol. The van der Waals surface area contributed by atoms with E-state index in [0.717, 1.165) is 30.0 Å². The molecule has 0 aliphatic carbocycles. The molecule has 3 rings (SSSR count). The molecule has 0 amide bonds. The summed E-state index contributed by atoms with van der Waals surface area (Å²) < 4.78 is 7.18. The number of hydrogen-bond donors (Lipinski definition) is 2. The van der Waals surface area contributed by atoms with Crippen molar-refractivity contribution in [3.8, 4) is 11.4 Å². The highest BCUT2D eigenvalue weighted by atomic mass is 16.5. The Morgan fingerprint density at radius 3 is 2.91 bits per heavy atom. The molecule has 2 atom stereocenters. The van der Waals surface area contributed by atoms with Crippen LogP contribution in [0.4, 0.5) is 0 Å². The van der Waals surface area contributed by atoms with Crippen molar-refractivity contribution in [3.05, 3.63) is 42.2 Å². The van der Waals surface area contributed by atoms with Crippen LogP contribution >= 0.6 is 0 Å². The number of aliphatic hydroxyl groups is 2. The van der Waals surface area contributed by atoms with E-state index in [-0.39, 0.29) is 12.5 Å². The third kappa shape index (κ3) is 3.55. The van der Waals surface area contributed by atoms with Crippen molar-refractivity contribution in [2.24, 2.45) is 5.92 Å². The van der Waals surface area contributed by atoms with Crippen LogP contribution in [0.25, 0.3) is 5.69 Å². The van der Waals surface area contributed by atoms with Gasteiger partial charge >= 0.3 is 0 Å². The van der Waals surface area contributed by atoms with Crippen molar-refractivity contribution < 1.29 is 14.9 Å². The fourth-order valence-corrected chi connectivity index (χ4v) is 3.09. The molecule has 1 aliphatic heterocycles. The number of rotatable bonds is 5. The summed E-state index contributed by atoms with van der Waals surface area (Å²) in [4.78, 5) is 2.21. The van der Waals surface area contributed by atoms with Gasteiger partial charge in [0.2, 0.25) is 0 Å². The van der Waals surface area contributed by atoms with Crippen LogP contribution in [0.2, 0.25) is 0 Å². The van der Waals surface area contributed by atoms with Crippen molar-refractivity contribution in [2.75, 3.05) is 26.8 Å². The summed E-state index contributed by atoms with van der Waals surface area (Å²) in [6.45, 7) is 2.19. The van der Waals surface area contributed by atoms with Crippen LogP contribution in [-0.2, 0) is 6.54 Å². The van der Waals surface area contributed by atoms with Gasteiger partial charge in [-0.3, -0.25) is 4.90 Å². The molecule has 0 spiro atoms. The van der Waals surface area contributed by atoms with Gasteiger partial charge in [0.05, 0.1) is 18.9 Å². The molecular weight excluding hydrogens is 294 g/mol. The Labute approximate surface area is 135 Å². The van der Waals surface area contributed by atoms with Gasteiger partial charge in [-0.05, 0) is 42.8 Å². The molecule has 1 aromatic carbocycles. The van der Waals surface area contributed by atoms with Gasteiger partial charge in [0.25, 0.3) is 0 Å². The van der Waals surface area contributed by atoms with Gasteiger partial charge in [-0.1, -0.05) is 0 Å². The van der Waals surface area contributed by atoms with E-state index in [4.69, 9.17) is 4.74 Å². The second-order valence-corrected chi connectivity index (χ2v) is 5.98. The third-order valence-electron chi connectivity index (χ3n) is 4.47. The van der Waals surface area contributed by atoms with Crippen molar-refractivity contribution in [1.29, 1.82) is 0 Å². The van der Waals surface area contributed by atoms with Crippen LogP contribution in [0.15, 0.2) is 36.7 Å². The second-order valence-electron chi connectivity index (χ2n) is 5.98. The van der Waals surface area contributed by atoms with E-state index in [1.54, 1.807) is 13.3 Å². The molecule has 1 aliphatic rings. The first-order valence-corrected chi connectivity index (χ1v) is 7.89. The Morgan fingerprint density at radius 2 is 2.26 bits per heavy atom. The summed E-state index contributed by atoms with van der Waals surface area (Å²) in [6, 6.07) is 7.83. The fourth-order valence-electron chi connectivity index (χ4n) is 3.09. The van der Waals surface area contributed by atoms with Gasteiger partial charge < -0.3 is 14.9 Å². The molecule has 1 aromatic heterocycles. The van der Waals surface area contributed by atoms with E-state index in [0.29, 0.717) is 13.1 Å². The van der Waals surface area contributed by atoms with Crippen LogP contribution in [0.5, 0.6) is 5.75 Å². The first kappa shape index (κ1) is 16.0. The molecule has 1 fully saturated rings. The Morgan fingerprint density at radius 1 is 1.39 bits per heavy atom. The summed E-state index contributed by atoms with van der Waals surface area (Å²) in [5, 5.41) is 23.7. The van der Waals surface area contributed by atoms with Gasteiger partial charge in [-0.2, -0.15) is 5.10 Å². The van der Waals surface area contributed by atoms with Crippen LogP contribution in [0.1, 0.15) is 12.0 Å². The number of benzene rings is 1. The number of aliphatic hydroxyl groups excluding tert-OH is 2. The lowest BCUT2D eigenvalue weighted by Gasteiger charge is -2.35. The van der Waals surface area contributed by atoms with Crippen LogP contribution in [0, 0.1) is 5.92 Å². The average Bonchev–Trinajstić information content (AvgIpc) is 3.09. The fraction of sp³-hybridized carbons (Fsp3) is 0.471. The summed E-state index contributed by atoms with van der Waals surface area (Å²) in [7, 11) is 1.66. The first-order chi connectivity index (χ1) is 11.2. The Balaban J connectivity index is 1.81. The number of β-amino-alcohol motifs (C(OH)–C–C–N with tert-alkyl or cyclic N) is 1. The maximum atomic E-state index is 10.1. The first-order valence-electron chi connectivity index (χ1n) is 7.89. The normalized spacial score (nSPS) is 22.2. The number of hydrogen-bond acceptors (Lipinski definition) is 5. The van der Waals surface area contributed by atoms with E-state index in [9.17, 15) is 10.2 Å². The molecule has 23 heavy (non-hydrogen) atoms. The van der Waals surface area contributed by atoms with Crippen LogP contribution in [0.3, 0.4) is 0 Å². The number of methoxy groups -OCH3 is 1. The highest BCUT2D eigenvalue weighted by Crippen LogP contribution is 2.25. The smallest absolute Gasteiger partial charge is 0.119 e. The standard InChI is InChI=1S/C17H23N3O3/c1-23-15-3-4-16(20-7-2-6-18-20)14(9-15)10-19-8-5-13(12-21)17(22)11-19/h2-4,6-7,9,13,17,21-22H,5,8,10-12H2,1H3/t13-,17-/m1/s1. The Kier molecular flexibility index (Phi) is 4.95. The van der Waals surface area contributed by atoms with Crippen LogP contribution in [-0.4, -0.2) is 57.8 Å². The monoisotopic (exact) mass is 317 g/mol. The number of piperidine rings is 1. The Hall–Kier alpha value is -1.89. The van der Waals surface area contributed by atoms with Crippen molar-refractivity contribution >= 4 is 0 Å². The number of aromatic nitrogens is 2. The Bertz CT molecular complexity index is 630. The van der Waals surface area contributed by atoms with E-state index in [1.165, 1.54) is 0 Å². The van der Waals surface area contributed by atoms with Crippen molar-refractivity contribution in [1.82, 2.24) is 14.7 Å². The second kappa shape index (κ2) is 7.12. The molecular formula is C17H23N3O3. The summed E-state index contributed by atoms with van der Waals surface area (Å²) in [5.74, 6) is 0.795. The van der Waals surface area contributed by atoms with Gasteiger partial charge in [0, 0.05) is 38.0 Å². The SMILES string of the molecule is COc1ccc(-n2cccn2)c(CN2CC[C@H](CO)[C@H](O)C2)c1. The van der Waals surface area contributed by atoms with Gasteiger partial charge in [-0.25, -0.2) is 4.68 Å². The van der Waals surface area contributed by atoms with Gasteiger partial charge in [-0.15, -0.1) is 0 Å². The largest absolute Gasteiger partial charge is 0.497 e. The minimum Gasteiger partial charge on any atom is -0.497 e. The lowest BCUT2D eigenvalue weighted by atomic mass is 9.94. The molecule has 6 heteroatoms. The zero-order valence-corrected chi connectivity index (χ0v) is 13.3. The van der Waals surface area contributed by atoms with Crippen LogP contribution < -0.4 is 4.74 Å². The molecule has 0 radical (unpaired) electrons. The highest BCUT2D eigenvalue weighted by molar-refractivity contribution is 5.45. The maximum Gasteiger partial charge on any atom is 0.119 e. The number of likely N-dealkylation sites (tertiary alicyclic amines) is 1. The number of ether oxygens (including phenoxy) is 1. The lowest BCUT2D eigenvalue weighted by Crippen LogP contribution is -2.44. The summed E-state index contributed by atoms with van der Waals surface area (Å²) in [6.07, 6.45) is 3.99. The van der Waals surface area contributed by atoms with E-state index < -0.39 is 6.10 Å². The zero-order chi connectivity index (χ0) is 16.2. The van der Waals surface area contributed by atoms with E-state index >= 15 is 0 Å². The minimum atomic E-state index is -0.479. The molecule has 6 nitrogen and oxygen atoms in total. The zero-order valence-electron chi connectivity index (χ0n) is 13.3. The van der Waals surface area contributed by atoms with E-state index in [2.05, 4.69) is 10.00 Å². The predicted octanol–water partition coefficient (Wildman–Crippen LogP) is 1.06. The third-order valence-corrected chi connectivity index (χ3v) is 4.47. The maximum absolute atomic E-state index is 10.1. The molecule has 2 N–H and O–H groups in total. The molecule has 2 heterocycles. The molecule has 1 saturated heterocycles. The minimum absolute atomic E-state index is 0.0119. The molecule has 0 bridgehead atoms. The lowest BCUT2D eigenvalue weighted by molar-refractivity contribution is -0.00446. The topological polar surface area (TPSA) is 70.8 Å². The molecule has 124 valence electrons. The molecule has 2 aromatic rings. The molecule has 0 unspecified atom stereocenters. The van der Waals surface area contributed by atoms with E-state index in [1.807, 2.05) is 35.1 Å². The quantitative estimate of drug-likeness (QED) is 0.863. The summed E-state index contributed by atoms with van der Waals surface area (Å²) >= 11 is 0. The highest BCUT2D eigenvalue weighted by Gasteiger charge is 2.27. The average molecular weight is 317 g/mol. The molecule has 0 saturated carbocycles. The summed E-state index contributed by atoms with van der Waals surface area (Å²) in [5.41, 5.74) is 2.11. The van der Waals surface area contributed by atoms with Gasteiger partial charge in [0.1, 0.15) is 5.75 Å². The van der Waals surface area contributed by atoms with Crippen molar-refractivity contribution in [3.63, 3.8) is 0 Å².